The minimum absolute atomic E-state index is 0.0854. The third kappa shape index (κ3) is 3.78. The van der Waals surface area contributed by atoms with Crippen LogP contribution in [-0.2, 0) is 0 Å². The summed E-state index contributed by atoms with van der Waals surface area (Å²) in [5, 5.41) is 11.3. The molecule has 2 aromatic rings. The van der Waals surface area contributed by atoms with Crippen LogP contribution >= 0.6 is 11.6 Å². The predicted molar refractivity (Wildman–Crippen MR) is 77.6 cm³/mol. The topological polar surface area (TPSA) is 62.2 Å². The van der Waals surface area contributed by atoms with Crippen LogP contribution in [0, 0.1) is 17.7 Å². The molecule has 2 N–H and O–H groups in total. The van der Waals surface area contributed by atoms with E-state index >= 15 is 0 Å². The molecular formula is C15H10ClFN2O2. The maximum Gasteiger partial charge on any atom is 0.275 e. The van der Waals surface area contributed by atoms with Crippen LogP contribution < -0.4 is 5.32 Å². The van der Waals surface area contributed by atoms with Crippen LogP contribution in [-0.4, -0.2) is 22.6 Å². The first kappa shape index (κ1) is 15.0. The van der Waals surface area contributed by atoms with E-state index in [-0.39, 0.29) is 23.0 Å². The van der Waals surface area contributed by atoms with E-state index in [1.54, 1.807) is 12.1 Å². The van der Waals surface area contributed by atoms with Crippen molar-refractivity contribution in [1.82, 2.24) is 4.98 Å². The highest BCUT2D eigenvalue weighted by Crippen LogP contribution is 2.23. The summed E-state index contributed by atoms with van der Waals surface area (Å²) in [6.45, 7) is -0.320. The lowest BCUT2D eigenvalue weighted by Gasteiger charge is -2.07. The van der Waals surface area contributed by atoms with Crippen LogP contribution in [0.3, 0.4) is 0 Å². The summed E-state index contributed by atoms with van der Waals surface area (Å²) in [5.41, 5.74) is 0.746. The Morgan fingerprint density at radius 2 is 2.24 bits per heavy atom. The second-order valence-electron chi connectivity index (χ2n) is 3.94. The van der Waals surface area contributed by atoms with Gasteiger partial charge in [0, 0.05) is 6.20 Å². The molecule has 0 aliphatic carbocycles. The fourth-order valence-electron chi connectivity index (χ4n) is 1.59. The van der Waals surface area contributed by atoms with Crippen molar-refractivity contribution < 1.29 is 14.3 Å². The lowest BCUT2D eigenvalue weighted by molar-refractivity contribution is 0.102. The second kappa shape index (κ2) is 6.84. The molecule has 0 saturated heterocycles. The van der Waals surface area contributed by atoms with Crippen molar-refractivity contribution in [3.63, 3.8) is 0 Å². The largest absolute Gasteiger partial charge is 0.384 e. The van der Waals surface area contributed by atoms with E-state index in [4.69, 9.17) is 16.7 Å². The number of nitrogens with one attached hydrogen (secondary N) is 1. The van der Waals surface area contributed by atoms with E-state index in [0.717, 1.165) is 6.07 Å². The molecule has 0 spiro atoms. The zero-order valence-corrected chi connectivity index (χ0v) is 11.5. The normalized spacial score (nSPS) is 9.67. The number of aromatic nitrogens is 1. The molecular weight excluding hydrogens is 295 g/mol. The Hall–Kier alpha value is -2.42. The number of anilines is 1. The SMILES string of the molecule is O=C(Nc1ccc(F)cc1Cl)c1ncccc1C#CCO. The van der Waals surface area contributed by atoms with Gasteiger partial charge < -0.3 is 10.4 Å². The lowest BCUT2D eigenvalue weighted by Crippen LogP contribution is -2.15. The minimum atomic E-state index is -0.522. The Labute approximate surface area is 125 Å². The van der Waals surface area contributed by atoms with Crippen molar-refractivity contribution in [3.8, 4) is 11.8 Å². The summed E-state index contributed by atoms with van der Waals surface area (Å²) in [7, 11) is 0. The molecule has 2 rings (SSSR count). The average molecular weight is 305 g/mol. The van der Waals surface area contributed by atoms with E-state index in [2.05, 4.69) is 22.1 Å². The Morgan fingerprint density at radius 3 is 2.95 bits per heavy atom. The van der Waals surface area contributed by atoms with Crippen LogP contribution in [0.25, 0.3) is 0 Å². The Morgan fingerprint density at radius 1 is 1.43 bits per heavy atom. The number of aliphatic hydroxyl groups is 1. The fourth-order valence-corrected chi connectivity index (χ4v) is 1.81. The number of amides is 1. The smallest absolute Gasteiger partial charge is 0.275 e. The maximum absolute atomic E-state index is 13.0. The molecule has 0 radical (unpaired) electrons. The number of rotatable bonds is 2. The van der Waals surface area contributed by atoms with E-state index in [1.165, 1.54) is 18.3 Å². The fraction of sp³-hybridized carbons (Fsp3) is 0.0667. The van der Waals surface area contributed by atoms with Crippen molar-refractivity contribution in [3.05, 3.63) is 58.6 Å². The summed E-state index contributed by atoms with van der Waals surface area (Å²) >= 11 is 5.85. The number of aliphatic hydroxyl groups excluding tert-OH is 1. The summed E-state index contributed by atoms with van der Waals surface area (Å²) in [6, 6.07) is 6.88. The van der Waals surface area contributed by atoms with Crippen LogP contribution in [0.4, 0.5) is 10.1 Å². The molecule has 0 saturated carbocycles. The molecule has 1 aromatic heterocycles. The monoisotopic (exact) mass is 304 g/mol. The van der Waals surface area contributed by atoms with Crippen molar-refractivity contribution in [2.24, 2.45) is 0 Å². The summed E-state index contributed by atoms with van der Waals surface area (Å²) in [4.78, 5) is 16.1. The van der Waals surface area contributed by atoms with Gasteiger partial charge in [-0.3, -0.25) is 4.79 Å². The third-order valence-corrected chi connectivity index (χ3v) is 2.82. The quantitative estimate of drug-likeness (QED) is 0.838. The van der Waals surface area contributed by atoms with Crippen molar-refractivity contribution >= 4 is 23.2 Å². The summed E-state index contributed by atoms with van der Waals surface area (Å²) < 4.78 is 13.0. The molecule has 0 fully saturated rings. The molecule has 0 aliphatic rings. The average Bonchev–Trinajstić information content (AvgIpc) is 2.48. The maximum atomic E-state index is 13.0. The van der Waals surface area contributed by atoms with Gasteiger partial charge in [-0.15, -0.1) is 0 Å². The lowest BCUT2D eigenvalue weighted by atomic mass is 10.2. The highest BCUT2D eigenvalue weighted by Gasteiger charge is 2.13. The van der Waals surface area contributed by atoms with E-state index in [0.29, 0.717) is 5.56 Å². The Bertz CT molecular complexity index is 738. The number of pyridine rings is 1. The third-order valence-electron chi connectivity index (χ3n) is 2.50. The van der Waals surface area contributed by atoms with Gasteiger partial charge in [-0.2, -0.15) is 0 Å². The highest BCUT2D eigenvalue weighted by atomic mass is 35.5. The van der Waals surface area contributed by atoms with Gasteiger partial charge in [0.05, 0.1) is 16.3 Å². The van der Waals surface area contributed by atoms with Crippen molar-refractivity contribution in [2.45, 2.75) is 0 Å². The van der Waals surface area contributed by atoms with E-state index < -0.39 is 11.7 Å². The first-order chi connectivity index (χ1) is 10.1. The molecule has 4 nitrogen and oxygen atoms in total. The first-order valence-electron chi connectivity index (χ1n) is 5.93. The van der Waals surface area contributed by atoms with Gasteiger partial charge in [-0.05, 0) is 30.3 Å². The van der Waals surface area contributed by atoms with Gasteiger partial charge in [0.15, 0.2) is 0 Å². The molecule has 0 atom stereocenters. The van der Waals surface area contributed by atoms with Crippen LogP contribution in [0.5, 0.6) is 0 Å². The Balaban J connectivity index is 2.28. The number of nitrogens with zero attached hydrogens (tertiary/aromatic N) is 1. The second-order valence-corrected chi connectivity index (χ2v) is 4.34. The van der Waals surface area contributed by atoms with Crippen molar-refractivity contribution in [1.29, 1.82) is 0 Å². The van der Waals surface area contributed by atoms with E-state index in [1.807, 2.05) is 0 Å². The van der Waals surface area contributed by atoms with Gasteiger partial charge >= 0.3 is 0 Å². The summed E-state index contributed by atoms with van der Waals surface area (Å²) in [6.07, 6.45) is 1.45. The first-order valence-corrected chi connectivity index (χ1v) is 6.31. The molecule has 1 amide bonds. The number of benzene rings is 1. The number of halogens is 2. The summed E-state index contributed by atoms with van der Waals surface area (Å²) in [5.74, 6) is 4.07. The molecule has 106 valence electrons. The minimum Gasteiger partial charge on any atom is -0.384 e. The van der Waals surface area contributed by atoms with Crippen LogP contribution in [0.2, 0.25) is 5.02 Å². The number of carbonyl (C=O) groups is 1. The van der Waals surface area contributed by atoms with Crippen LogP contribution in [0.15, 0.2) is 36.5 Å². The molecule has 1 heterocycles. The number of hydrogen-bond donors (Lipinski definition) is 2. The molecule has 21 heavy (non-hydrogen) atoms. The van der Waals surface area contributed by atoms with E-state index in [9.17, 15) is 9.18 Å². The van der Waals surface area contributed by atoms with Crippen LogP contribution in [0.1, 0.15) is 16.1 Å². The standard InChI is InChI=1S/C15H10ClFN2O2/c16-12-9-11(17)5-6-13(12)19-15(21)14-10(4-2-8-20)3-1-7-18-14/h1,3,5-7,9,20H,8H2,(H,19,21). The predicted octanol–water partition coefficient (Wildman–Crippen LogP) is 2.47. The molecule has 0 unspecified atom stereocenters. The highest BCUT2D eigenvalue weighted by molar-refractivity contribution is 6.33. The Kier molecular flexibility index (Phi) is 4.88. The van der Waals surface area contributed by atoms with Gasteiger partial charge in [-0.1, -0.05) is 23.4 Å². The zero-order valence-electron chi connectivity index (χ0n) is 10.7. The molecule has 1 aromatic carbocycles. The van der Waals surface area contributed by atoms with Gasteiger partial charge in [0.1, 0.15) is 18.1 Å². The number of carbonyl (C=O) groups excluding carboxylic acids is 1. The zero-order chi connectivity index (χ0) is 15.2. The van der Waals surface area contributed by atoms with Gasteiger partial charge in [0.2, 0.25) is 0 Å². The molecule has 0 bridgehead atoms. The molecule has 0 aliphatic heterocycles. The molecule has 6 heteroatoms. The van der Waals surface area contributed by atoms with Crippen molar-refractivity contribution in [2.75, 3.05) is 11.9 Å². The van der Waals surface area contributed by atoms with Gasteiger partial charge in [-0.25, -0.2) is 9.37 Å². The van der Waals surface area contributed by atoms with Gasteiger partial charge in [0.25, 0.3) is 5.91 Å². The number of hydrogen-bond acceptors (Lipinski definition) is 3.